The maximum Gasteiger partial charge on any atom is 0.246 e. The van der Waals surface area contributed by atoms with Crippen LogP contribution in [0.25, 0.3) is 0 Å². The van der Waals surface area contributed by atoms with Crippen LogP contribution in [0.5, 0.6) is 0 Å². The fraction of sp³-hybridized carbons (Fsp3) is 0.583. The van der Waals surface area contributed by atoms with Crippen molar-refractivity contribution in [3.05, 3.63) is 10.2 Å². The Balaban J connectivity index is 2.98. The molecule has 0 aliphatic heterocycles. The molecule has 0 spiro atoms. The van der Waals surface area contributed by atoms with Crippen LogP contribution < -0.4 is 10.6 Å². The lowest BCUT2D eigenvalue weighted by Gasteiger charge is -2.22. The van der Waals surface area contributed by atoms with Gasteiger partial charge in [0.15, 0.2) is 5.82 Å². The molecule has 1 unspecified atom stereocenters. The summed E-state index contributed by atoms with van der Waals surface area (Å²) in [6.07, 6.45) is 0.551. The normalized spacial score (nSPS) is 12.3. The second kappa shape index (κ2) is 6.68. The van der Waals surface area contributed by atoms with Crippen molar-refractivity contribution in [3.8, 4) is 6.07 Å². The summed E-state index contributed by atoms with van der Waals surface area (Å²) in [5.41, 5.74) is 5.87. The van der Waals surface area contributed by atoms with Gasteiger partial charge in [-0.3, -0.25) is 9.69 Å². The van der Waals surface area contributed by atoms with E-state index < -0.39 is 6.04 Å². The predicted molar refractivity (Wildman–Crippen MR) is 74.3 cm³/mol. The number of aromatic nitrogens is 1. The van der Waals surface area contributed by atoms with Gasteiger partial charge in [0, 0.05) is 0 Å². The summed E-state index contributed by atoms with van der Waals surface area (Å²) in [4.78, 5) is 13.5. The molecular formula is C12H17BrN4O2. The first-order valence-electron chi connectivity index (χ1n) is 5.94. The molecule has 0 saturated heterocycles. The van der Waals surface area contributed by atoms with E-state index in [9.17, 15) is 4.79 Å². The van der Waals surface area contributed by atoms with Crippen LogP contribution in [0, 0.1) is 24.2 Å². The lowest BCUT2D eigenvalue weighted by atomic mass is 10.0. The molecule has 0 aliphatic rings. The first-order chi connectivity index (χ1) is 8.88. The average molecular weight is 329 g/mol. The molecule has 1 rings (SSSR count). The first-order valence-corrected chi connectivity index (χ1v) is 6.73. The van der Waals surface area contributed by atoms with Crippen molar-refractivity contribution in [1.82, 2.24) is 5.16 Å². The largest absolute Gasteiger partial charge is 0.358 e. The van der Waals surface area contributed by atoms with Crippen LogP contribution in [0.1, 0.15) is 26.0 Å². The van der Waals surface area contributed by atoms with Crippen molar-refractivity contribution in [2.24, 2.45) is 11.7 Å². The van der Waals surface area contributed by atoms with E-state index in [0.29, 0.717) is 28.4 Å². The van der Waals surface area contributed by atoms with Gasteiger partial charge in [-0.1, -0.05) is 19.0 Å². The van der Waals surface area contributed by atoms with Gasteiger partial charge in [-0.25, -0.2) is 0 Å². The van der Waals surface area contributed by atoms with Gasteiger partial charge in [0.05, 0.1) is 12.1 Å². The van der Waals surface area contributed by atoms with Gasteiger partial charge in [-0.05, 0) is 35.2 Å². The Kier molecular flexibility index (Phi) is 5.51. The highest BCUT2D eigenvalue weighted by atomic mass is 79.9. The third-order valence-corrected chi connectivity index (χ3v) is 3.48. The molecule has 0 fully saturated rings. The molecular weight excluding hydrogens is 312 g/mol. The van der Waals surface area contributed by atoms with E-state index in [1.165, 1.54) is 4.90 Å². The van der Waals surface area contributed by atoms with Crippen LogP contribution in [-0.2, 0) is 4.79 Å². The van der Waals surface area contributed by atoms with Crippen molar-refractivity contribution in [2.45, 2.75) is 33.2 Å². The second-order valence-electron chi connectivity index (χ2n) is 4.69. The van der Waals surface area contributed by atoms with Gasteiger partial charge in [-0.2, -0.15) is 5.26 Å². The maximum absolute atomic E-state index is 12.3. The summed E-state index contributed by atoms with van der Waals surface area (Å²) in [6.45, 7) is 5.56. The zero-order valence-electron chi connectivity index (χ0n) is 11.2. The molecule has 0 bridgehead atoms. The quantitative estimate of drug-likeness (QED) is 0.833. The fourth-order valence-corrected chi connectivity index (χ4v) is 2.01. The van der Waals surface area contributed by atoms with Gasteiger partial charge >= 0.3 is 0 Å². The van der Waals surface area contributed by atoms with E-state index in [-0.39, 0.29) is 12.5 Å². The average Bonchev–Trinajstić information content (AvgIpc) is 2.65. The van der Waals surface area contributed by atoms with Gasteiger partial charge < -0.3 is 10.3 Å². The number of aryl methyl sites for hydroxylation is 1. The van der Waals surface area contributed by atoms with Gasteiger partial charge in [0.1, 0.15) is 16.8 Å². The topological polar surface area (TPSA) is 96.1 Å². The van der Waals surface area contributed by atoms with Crippen molar-refractivity contribution in [1.29, 1.82) is 5.26 Å². The van der Waals surface area contributed by atoms with E-state index in [0.717, 1.165) is 0 Å². The Bertz CT molecular complexity index is 492. The van der Waals surface area contributed by atoms with E-state index in [2.05, 4.69) is 21.1 Å². The van der Waals surface area contributed by atoms with Crippen LogP contribution in [0.4, 0.5) is 5.82 Å². The third kappa shape index (κ3) is 3.78. The summed E-state index contributed by atoms with van der Waals surface area (Å²) in [5, 5.41) is 12.6. The van der Waals surface area contributed by atoms with Crippen molar-refractivity contribution in [2.75, 3.05) is 11.4 Å². The molecule has 104 valence electrons. The molecule has 1 amide bonds. The third-order valence-electron chi connectivity index (χ3n) is 2.57. The Labute approximate surface area is 120 Å². The van der Waals surface area contributed by atoms with Crippen LogP contribution in [0.2, 0.25) is 0 Å². The molecule has 7 heteroatoms. The number of hydrogen-bond acceptors (Lipinski definition) is 5. The second-order valence-corrected chi connectivity index (χ2v) is 5.49. The Morgan fingerprint density at radius 1 is 1.63 bits per heavy atom. The minimum Gasteiger partial charge on any atom is -0.358 e. The summed E-state index contributed by atoms with van der Waals surface area (Å²) in [5.74, 6) is 0.807. The zero-order valence-corrected chi connectivity index (χ0v) is 12.8. The highest BCUT2D eigenvalue weighted by Gasteiger charge is 2.27. The number of nitriles is 1. The Morgan fingerprint density at radius 3 is 2.68 bits per heavy atom. The van der Waals surface area contributed by atoms with E-state index in [4.69, 9.17) is 15.5 Å². The number of rotatable bonds is 5. The standard InChI is InChI=1S/C12H17BrN4O2/c1-7(2)6-9(15)12(18)17(5-4-14)11-10(13)8(3)19-16-11/h7,9H,5-6,15H2,1-3H3. The number of carbonyl (C=O) groups excluding carboxylic acids is 1. The van der Waals surface area contributed by atoms with Gasteiger partial charge in [0.2, 0.25) is 5.91 Å². The molecule has 0 aromatic carbocycles. The van der Waals surface area contributed by atoms with Gasteiger partial charge in [0.25, 0.3) is 0 Å². The lowest BCUT2D eigenvalue weighted by Crippen LogP contribution is -2.45. The molecule has 0 radical (unpaired) electrons. The molecule has 6 nitrogen and oxygen atoms in total. The molecule has 1 aromatic rings. The number of hydrogen-bond donors (Lipinski definition) is 1. The SMILES string of the molecule is Cc1onc(N(CC#N)C(=O)C(N)CC(C)C)c1Br. The van der Waals surface area contributed by atoms with Gasteiger partial charge in [-0.15, -0.1) is 0 Å². The highest BCUT2D eigenvalue weighted by Crippen LogP contribution is 2.28. The number of amides is 1. The van der Waals surface area contributed by atoms with E-state index in [1.807, 2.05) is 19.9 Å². The minimum atomic E-state index is -0.655. The summed E-state index contributed by atoms with van der Waals surface area (Å²) >= 11 is 3.29. The fourth-order valence-electron chi connectivity index (χ4n) is 1.65. The molecule has 0 aliphatic carbocycles. The van der Waals surface area contributed by atoms with Crippen molar-refractivity contribution >= 4 is 27.7 Å². The van der Waals surface area contributed by atoms with Crippen LogP contribution in [0.15, 0.2) is 9.00 Å². The van der Waals surface area contributed by atoms with E-state index in [1.54, 1.807) is 6.92 Å². The summed E-state index contributed by atoms with van der Waals surface area (Å²) in [7, 11) is 0. The minimum absolute atomic E-state index is 0.116. The maximum atomic E-state index is 12.3. The summed E-state index contributed by atoms with van der Waals surface area (Å²) in [6, 6.07) is 1.28. The number of carbonyl (C=O) groups is 1. The first kappa shape index (κ1) is 15.7. The van der Waals surface area contributed by atoms with Crippen LogP contribution >= 0.6 is 15.9 Å². The molecule has 1 heterocycles. The molecule has 0 saturated carbocycles. The number of halogens is 1. The van der Waals surface area contributed by atoms with E-state index >= 15 is 0 Å². The number of nitrogens with zero attached hydrogens (tertiary/aromatic N) is 3. The Morgan fingerprint density at radius 2 is 2.26 bits per heavy atom. The van der Waals surface area contributed by atoms with Crippen molar-refractivity contribution < 1.29 is 9.32 Å². The molecule has 19 heavy (non-hydrogen) atoms. The van der Waals surface area contributed by atoms with Crippen LogP contribution in [-0.4, -0.2) is 23.7 Å². The Hall–Kier alpha value is -1.39. The smallest absolute Gasteiger partial charge is 0.246 e. The summed E-state index contributed by atoms with van der Waals surface area (Å²) < 4.78 is 5.56. The number of anilines is 1. The predicted octanol–water partition coefficient (Wildman–Crippen LogP) is 1.98. The highest BCUT2D eigenvalue weighted by molar-refractivity contribution is 9.10. The monoisotopic (exact) mass is 328 g/mol. The molecule has 1 atom stereocenters. The zero-order chi connectivity index (χ0) is 14.6. The van der Waals surface area contributed by atoms with Crippen molar-refractivity contribution in [3.63, 3.8) is 0 Å². The lowest BCUT2D eigenvalue weighted by molar-refractivity contribution is -0.120. The van der Waals surface area contributed by atoms with Crippen LogP contribution in [0.3, 0.4) is 0 Å². The molecule has 1 aromatic heterocycles. The number of nitrogens with two attached hydrogens (primary N) is 1. The molecule has 2 N–H and O–H groups in total.